The van der Waals surface area contributed by atoms with Crippen LogP contribution in [0.4, 0.5) is 24.5 Å². The molecule has 0 spiro atoms. The molecule has 1 aliphatic rings. The maximum atomic E-state index is 12.2. The van der Waals surface area contributed by atoms with Gasteiger partial charge in [0, 0.05) is 18.3 Å². The largest absolute Gasteiger partial charge is 0.479 e. The smallest absolute Gasteiger partial charge is 0.471 e. The molecule has 0 saturated carbocycles. The summed E-state index contributed by atoms with van der Waals surface area (Å²) < 4.78 is 42.0. The Morgan fingerprint density at radius 1 is 1.43 bits per heavy atom. The number of hydrogen-bond acceptors (Lipinski definition) is 3. The van der Waals surface area contributed by atoms with E-state index in [1.807, 2.05) is 0 Å². The summed E-state index contributed by atoms with van der Waals surface area (Å²) in [5.74, 6) is -2.03. The third-order valence-electron chi connectivity index (χ3n) is 3.00. The zero-order valence-electron chi connectivity index (χ0n) is 11.3. The minimum Gasteiger partial charge on any atom is -0.479 e. The Morgan fingerprint density at radius 2 is 2.10 bits per heavy atom. The average molecular weight is 302 g/mol. The van der Waals surface area contributed by atoms with Gasteiger partial charge in [-0.25, -0.2) is 0 Å². The molecule has 0 bridgehead atoms. The first-order valence-corrected chi connectivity index (χ1v) is 6.24. The van der Waals surface area contributed by atoms with Gasteiger partial charge >= 0.3 is 12.1 Å². The molecule has 0 aliphatic carbocycles. The maximum Gasteiger partial charge on any atom is 0.471 e. The number of nitrogens with zero attached hydrogens (tertiary/aromatic N) is 1. The van der Waals surface area contributed by atoms with Gasteiger partial charge in [0.05, 0.1) is 5.69 Å². The maximum absolute atomic E-state index is 12.2. The van der Waals surface area contributed by atoms with E-state index in [0.717, 1.165) is 0 Å². The van der Waals surface area contributed by atoms with Crippen LogP contribution < -0.4 is 15.0 Å². The zero-order chi connectivity index (χ0) is 15.8. The standard InChI is InChI=1S/C13H13F3N2O3/c1-3-18-9-5-4-8(17-12(20)13(14,15)16)6-10(9)21-7(2)11(18)19/h4-7H,3H2,1-2H3,(H,17,20). The lowest BCUT2D eigenvalue weighted by Crippen LogP contribution is -2.44. The molecular weight excluding hydrogens is 289 g/mol. The van der Waals surface area contributed by atoms with E-state index in [2.05, 4.69) is 0 Å². The number of carbonyl (C=O) groups is 2. The number of rotatable bonds is 2. The summed E-state index contributed by atoms with van der Waals surface area (Å²) in [4.78, 5) is 24.3. The molecule has 1 aromatic carbocycles. The summed E-state index contributed by atoms with van der Waals surface area (Å²) in [6.45, 7) is 3.74. The van der Waals surface area contributed by atoms with Crippen molar-refractivity contribution in [2.75, 3.05) is 16.8 Å². The highest BCUT2D eigenvalue weighted by Gasteiger charge is 2.39. The fourth-order valence-corrected chi connectivity index (χ4v) is 2.02. The number of likely N-dealkylation sites (N-methyl/N-ethyl adjacent to an activating group) is 1. The average Bonchev–Trinajstić information content (AvgIpc) is 2.39. The van der Waals surface area contributed by atoms with E-state index in [1.165, 1.54) is 23.1 Å². The number of benzene rings is 1. The summed E-state index contributed by atoms with van der Waals surface area (Å²) in [6.07, 6.45) is -5.69. The molecular formula is C13H13F3N2O3. The Kier molecular flexibility index (Phi) is 3.80. The van der Waals surface area contributed by atoms with Crippen molar-refractivity contribution < 1.29 is 27.5 Å². The van der Waals surface area contributed by atoms with Gasteiger partial charge in [-0.15, -0.1) is 0 Å². The van der Waals surface area contributed by atoms with Crippen molar-refractivity contribution in [3.63, 3.8) is 0 Å². The number of halogens is 3. The third-order valence-corrected chi connectivity index (χ3v) is 3.00. The number of alkyl halides is 3. The van der Waals surface area contributed by atoms with E-state index in [0.29, 0.717) is 12.2 Å². The summed E-state index contributed by atoms with van der Waals surface area (Å²) in [5.41, 5.74) is 0.416. The Hall–Kier alpha value is -2.25. The van der Waals surface area contributed by atoms with Crippen LogP contribution in [0.1, 0.15) is 13.8 Å². The summed E-state index contributed by atoms with van der Waals surface area (Å²) in [6, 6.07) is 4.00. The van der Waals surface area contributed by atoms with Crippen LogP contribution in [0, 0.1) is 0 Å². The molecule has 0 fully saturated rings. The van der Waals surface area contributed by atoms with Crippen LogP contribution in [0.15, 0.2) is 18.2 Å². The quantitative estimate of drug-likeness (QED) is 0.912. The lowest BCUT2D eigenvalue weighted by molar-refractivity contribution is -0.167. The summed E-state index contributed by atoms with van der Waals surface area (Å²) in [7, 11) is 0. The molecule has 1 N–H and O–H groups in total. The van der Waals surface area contributed by atoms with Crippen LogP contribution >= 0.6 is 0 Å². The van der Waals surface area contributed by atoms with Gasteiger partial charge in [0.2, 0.25) is 0 Å². The molecule has 5 nitrogen and oxygen atoms in total. The molecule has 21 heavy (non-hydrogen) atoms. The minimum atomic E-state index is -4.96. The van der Waals surface area contributed by atoms with E-state index >= 15 is 0 Å². The van der Waals surface area contributed by atoms with Gasteiger partial charge in [-0.2, -0.15) is 13.2 Å². The number of anilines is 2. The second-order valence-electron chi connectivity index (χ2n) is 4.48. The number of hydrogen-bond donors (Lipinski definition) is 1. The van der Waals surface area contributed by atoms with E-state index in [4.69, 9.17) is 4.74 Å². The SMILES string of the molecule is CCN1C(=O)C(C)Oc2cc(NC(=O)C(F)(F)F)ccc21. The van der Waals surface area contributed by atoms with Gasteiger partial charge in [-0.3, -0.25) is 9.59 Å². The Morgan fingerprint density at radius 3 is 2.67 bits per heavy atom. The highest BCUT2D eigenvalue weighted by molar-refractivity contribution is 6.01. The molecule has 114 valence electrons. The van der Waals surface area contributed by atoms with E-state index in [-0.39, 0.29) is 17.3 Å². The molecule has 1 aromatic rings. The Balaban J connectivity index is 2.30. The summed E-state index contributed by atoms with van der Waals surface area (Å²) >= 11 is 0. The number of amides is 2. The molecule has 1 aliphatic heterocycles. The molecule has 2 amide bonds. The van der Waals surface area contributed by atoms with E-state index in [9.17, 15) is 22.8 Å². The highest BCUT2D eigenvalue weighted by Crippen LogP contribution is 2.36. The molecule has 2 rings (SSSR count). The van der Waals surface area contributed by atoms with Gasteiger partial charge < -0.3 is 15.0 Å². The van der Waals surface area contributed by atoms with Crippen LogP contribution in [0.25, 0.3) is 0 Å². The van der Waals surface area contributed by atoms with Gasteiger partial charge in [0.25, 0.3) is 5.91 Å². The predicted octanol–water partition coefficient (Wildman–Crippen LogP) is 2.32. The lowest BCUT2D eigenvalue weighted by Gasteiger charge is -2.32. The van der Waals surface area contributed by atoms with Crippen molar-refractivity contribution in [3.8, 4) is 5.75 Å². The zero-order valence-corrected chi connectivity index (χ0v) is 11.3. The van der Waals surface area contributed by atoms with Crippen LogP contribution in [0.3, 0.4) is 0 Å². The molecule has 1 heterocycles. The van der Waals surface area contributed by atoms with Crippen LogP contribution in [-0.4, -0.2) is 30.6 Å². The fourth-order valence-electron chi connectivity index (χ4n) is 2.02. The topological polar surface area (TPSA) is 58.6 Å². The van der Waals surface area contributed by atoms with Crippen molar-refractivity contribution in [2.24, 2.45) is 0 Å². The fraction of sp³-hybridized carbons (Fsp3) is 0.385. The Labute approximate surface area is 118 Å². The Bertz CT molecular complexity index is 587. The van der Waals surface area contributed by atoms with Crippen molar-refractivity contribution in [1.82, 2.24) is 0 Å². The molecule has 0 saturated heterocycles. The van der Waals surface area contributed by atoms with Gasteiger partial charge in [-0.05, 0) is 26.0 Å². The van der Waals surface area contributed by atoms with Crippen molar-refractivity contribution in [3.05, 3.63) is 18.2 Å². The van der Waals surface area contributed by atoms with Gasteiger partial charge in [-0.1, -0.05) is 0 Å². The number of nitrogens with one attached hydrogen (secondary N) is 1. The second-order valence-corrected chi connectivity index (χ2v) is 4.48. The first kappa shape index (κ1) is 15.1. The second kappa shape index (κ2) is 5.27. The first-order valence-electron chi connectivity index (χ1n) is 6.24. The summed E-state index contributed by atoms with van der Waals surface area (Å²) in [5, 5.41) is 1.74. The predicted molar refractivity (Wildman–Crippen MR) is 69.2 cm³/mol. The molecule has 1 unspecified atom stereocenters. The number of ether oxygens (including phenoxy) is 1. The minimum absolute atomic E-state index is 0.0475. The molecule has 0 aromatic heterocycles. The van der Waals surface area contributed by atoms with Crippen molar-refractivity contribution >= 4 is 23.2 Å². The van der Waals surface area contributed by atoms with Crippen LogP contribution in [-0.2, 0) is 9.59 Å². The highest BCUT2D eigenvalue weighted by atomic mass is 19.4. The number of fused-ring (bicyclic) bond motifs is 1. The van der Waals surface area contributed by atoms with Gasteiger partial charge in [0.1, 0.15) is 5.75 Å². The van der Waals surface area contributed by atoms with Crippen LogP contribution in [0.5, 0.6) is 5.75 Å². The molecule has 1 atom stereocenters. The van der Waals surface area contributed by atoms with Crippen molar-refractivity contribution in [2.45, 2.75) is 26.1 Å². The normalized spacial score (nSPS) is 18.0. The third kappa shape index (κ3) is 2.93. The molecule has 8 heteroatoms. The van der Waals surface area contributed by atoms with Gasteiger partial charge in [0.15, 0.2) is 6.10 Å². The molecule has 0 radical (unpaired) electrons. The van der Waals surface area contributed by atoms with Crippen molar-refractivity contribution in [1.29, 1.82) is 0 Å². The number of carbonyl (C=O) groups excluding carboxylic acids is 2. The van der Waals surface area contributed by atoms with E-state index < -0.39 is 18.2 Å². The van der Waals surface area contributed by atoms with E-state index in [1.54, 1.807) is 19.2 Å². The first-order chi connectivity index (χ1) is 9.74. The van der Waals surface area contributed by atoms with Crippen LogP contribution in [0.2, 0.25) is 0 Å². The monoisotopic (exact) mass is 302 g/mol. The lowest BCUT2D eigenvalue weighted by atomic mass is 10.1.